The smallest absolute Gasteiger partial charge is 0.255 e. The Kier molecular flexibility index (Phi) is 5.07. The van der Waals surface area contributed by atoms with Crippen LogP contribution in [0.3, 0.4) is 0 Å². The summed E-state index contributed by atoms with van der Waals surface area (Å²) in [6.45, 7) is 4.23. The number of carbonyl (C=O) groups excluding carboxylic acids is 2. The van der Waals surface area contributed by atoms with Gasteiger partial charge in [0.2, 0.25) is 5.91 Å². The summed E-state index contributed by atoms with van der Waals surface area (Å²) in [5, 5.41) is 10.7. The van der Waals surface area contributed by atoms with Gasteiger partial charge in [-0.25, -0.2) is 4.68 Å². The van der Waals surface area contributed by atoms with E-state index in [4.69, 9.17) is 0 Å². The monoisotopic (exact) mass is 440 g/mol. The van der Waals surface area contributed by atoms with Crippen LogP contribution in [-0.2, 0) is 11.3 Å². The molecule has 1 aromatic heterocycles. The predicted molar refractivity (Wildman–Crippen MR) is 94.2 cm³/mol. The van der Waals surface area contributed by atoms with Crippen molar-refractivity contribution in [2.75, 3.05) is 26.2 Å². The standard InChI is InChI=1S/C15H17IN6O2/c1-11-3-2-4-12(14(11)16)15(24)21-7-5-20(6-8-21)13(23)9-22-10-17-18-19-22/h2-4,10H,5-9H2,1H3. The first-order valence-corrected chi connectivity index (χ1v) is 8.67. The Morgan fingerprint density at radius 3 is 2.54 bits per heavy atom. The van der Waals surface area contributed by atoms with Gasteiger partial charge in [0.05, 0.1) is 5.56 Å². The van der Waals surface area contributed by atoms with Crippen molar-refractivity contribution in [1.82, 2.24) is 30.0 Å². The third-order valence-corrected chi connectivity index (χ3v) is 5.46. The minimum atomic E-state index is -0.0421. The largest absolute Gasteiger partial charge is 0.338 e. The lowest BCUT2D eigenvalue weighted by Crippen LogP contribution is -2.51. The Hall–Kier alpha value is -2.04. The van der Waals surface area contributed by atoms with Crippen LogP contribution in [0.1, 0.15) is 15.9 Å². The second-order valence-corrected chi connectivity index (χ2v) is 6.70. The number of piperazine rings is 1. The summed E-state index contributed by atoms with van der Waals surface area (Å²) < 4.78 is 2.38. The van der Waals surface area contributed by atoms with Crippen molar-refractivity contribution in [3.8, 4) is 0 Å². The number of amides is 2. The van der Waals surface area contributed by atoms with Gasteiger partial charge in [-0.05, 0) is 51.6 Å². The first-order chi connectivity index (χ1) is 11.6. The normalized spacial score (nSPS) is 14.8. The second-order valence-electron chi connectivity index (χ2n) is 5.62. The third-order valence-electron chi connectivity index (χ3n) is 4.03. The van der Waals surface area contributed by atoms with Gasteiger partial charge in [0.15, 0.2) is 0 Å². The molecule has 0 saturated carbocycles. The quantitative estimate of drug-likeness (QED) is 0.652. The van der Waals surface area contributed by atoms with E-state index in [1.54, 1.807) is 9.80 Å². The zero-order valence-corrected chi connectivity index (χ0v) is 15.4. The van der Waals surface area contributed by atoms with Crippen molar-refractivity contribution in [3.63, 3.8) is 0 Å². The Labute approximate surface area is 152 Å². The lowest BCUT2D eigenvalue weighted by molar-refractivity contribution is -0.133. The van der Waals surface area contributed by atoms with Crippen molar-refractivity contribution in [1.29, 1.82) is 0 Å². The molecule has 1 aliphatic rings. The molecule has 2 aromatic rings. The number of nitrogens with zero attached hydrogens (tertiary/aromatic N) is 6. The highest BCUT2D eigenvalue weighted by Gasteiger charge is 2.26. The number of benzene rings is 1. The predicted octanol–water partition coefficient (Wildman–Crippen LogP) is 0.571. The number of aryl methyl sites for hydroxylation is 1. The second kappa shape index (κ2) is 7.24. The van der Waals surface area contributed by atoms with Crippen LogP contribution in [0, 0.1) is 10.5 Å². The van der Waals surface area contributed by atoms with E-state index in [0.717, 1.165) is 14.7 Å². The minimum absolute atomic E-state index is 0.0238. The lowest BCUT2D eigenvalue weighted by atomic mass is 10.1. The van der Waals surface area contributed by atoms with Gasteiger partial charge in [-0.15, -0.1) is 5.10 Å². The Bertz CT molecular complexity index is 740. The van der Waals surface area contributed by atoms with Gasteiger partial charge in [-0.3, -0.25) is 9.59 Å². The summed E-state index contributed by atoms with van der Waals surface area (Å²) in [6.07, 6.45) is 1.41. The molecule has 2 amide bonds. The van der Waals surface area contributed by atoms with Crippen LogP contribution < -0.4 is 0 Å². The number of carbonyl (C=O) groups is 2. The van der Waals surface area contributed by atoms with Crippen molar-refractivity contribution in [2.45, 2.75) is 13.5 Å². The highest BCUT2D eigenvalue weighted by molar-refractivity contribution is 14.1. The number of rotatable bonds is 3. The molecule has 0 spiro atoms. The molecule has 1 fully saturated rings. The summed E-state index contributed by atoms with van der Waals surface area (Å²) >= 11 is 2.21. The van der Waals surface area contributed by atoms with Gasteiger partial charge < -0.3 is 9.80 Å². The molecular formula is C15H17IN6O2. The first-order valence-electron chi connectivity index (χ1n) is 7.59. The Morgan fingerprint density at radius 2 is 1.88 bits per heavy atom. The van der Waals surface area contributed by atoms with E-state index in [-0.39, 0.29) is 18.4 Å². The number of hydrogen-bond acceptors (Lipinski definition) is 5. The number of hydrogen-bond donors (Lipinski definition) is 0. The van der Waals surface area contributed by atoms with E-state index in [1.807, 2.05) is 25.1 Å². The van der Waals surface area contributed by atoms with Crippen molar-refractivity contribution < 1.29 is 9.59 Å². The minimum Gasteiger partial charge on any atom is -0.338 e. The molecule has 2 heterocycles. The molecule has 0 N–H and O–H groups in total. The topological polar surface area (TPSA) is 84.2 Å². The molecule has 0 unspecified atom stereocenters. The highest BCUT2D eigenvalue weighted by atomic mass is 127. The molecule has 8 nitrogen and oxygen atoms in total. The van der Waals surface area contributed by atoms with E-state index in [9.17, 15) is 9.59 Å². The zero-order chi connectivity index (χ0) is 17.1. The van der Waals surface area contributed by atoms with Crippen LogP contribution in [0.4, 0.5) is 0 Å². The molecule has 1 saturated heterocycles. The molecule has 0 bridgehead atoms. The van der Waals surface area contributed by atoms with E-state index in [0.29, 0.717) is 26.2 Å². The molecule has 0 radical (unpaired) electrons. The van der Waals surface area contributed by atoms with Crippen LogP contribution in [0.15, 0.2) is 24.5 Å². The van der Waals surface area contributed by atoms with Gasteiger partial charge in [0, 0.05) is 29.7 Å². The third kappa shape index (κ3) is 3.55. The van der Waals surface area contributed by atoms with Gasteiger partial charge in [0.25, 0.3) is 5.91 Å². The van der Waals surface area contributed by atoms with Gasteiger partial charge in [-0.1, -0.05) is 12.1 Å². The maximum Gasteiger partial charge on any atom is 0.255 e. The summed E-state index contributed by atoms with van der Waals surface area (Å²) in [7, 11) is 0. The van der Waals surface area contributed by atoms with Crippen molar-refractivity contribution >= 4 is 34.4 Å². The molecule has 3 rings (SSSR count). The average Bonchev–Trinajstić information content (AvgIpc) is 3.10. The highest BCUT2D eigenvalue weighted by Crippen LogP contribution is 2.19. The zero-order valence-electron chi connectivity index (χ0n) is 13.2. The first kappa shape index (κ1) is 16.8. The summed E-state index contributed by atoms with van der Waals surface area (Å²) in [6, 6.07) is 5.75. The summed E-state index contributed by atoms with van der Waals surface area (Å²) in [4.78, 5) is 28.5. The molecule has 24 heavy (non-hydrogen) atoms. The molecule has 126 valence electrons. The molecule has 0 atom stereocenters. The fourth-order valence-electron chi connectivity index (χ4n) is 2.63. The van der Waals surface area contributed by atoms with Gasteiger partial charge in [0.1, 0.15) is 12.9 Å². The van der Waals surface area contributed by atoms with Crippen LogP contribution >= 0.6 is 22.6 Å². The van der Waals surface area contributed by atoms with E-state index < -0.39 is 0 Å². The van der Waals surface area contributed by atoms with Crippen LogP contribution in [0.25, 0.3) is 0 Å². The fraction of sp³-hybridized carbons (Fsp3) is 0.400. The summed E-state index contributed by atoms with van der Waals surface area (Å²) in [5.41, 5.74) is 1.82. The SMILES string of the molecule is Cc1cccc(C(=O)N2CCN(C(=O)Cn3cnnn3)CC2)c1I. The summed E-state index contributed by atoms with van der Waals surface area (Å²) in [5.74, 6) is -0.0183. The fourth-order valence-corrected chi connectivity index (χ4v) is 3.22. The number of aromatic nitrogens is 4. The van der Waals surface area contributed by atoms with Crippen molar-refractivity contribution in [2.24, 2.45) is 0 Å². The Morgan fingerprint density at radius 1 is 1.17 bits per heavy atom. The van der Waals surface area contributed by atoms with Crippen LogP contribution in [-0.4, -0.2) is 68.0 Å². The van der Waals surface area contributed by atoms with Crippen LogP contribution in [0.2, 0.25) is 0 Å². The molecule has 9 heteroatoms. The van der Waals surface area contributed by atoms with E-state index in [2.05, 4.69) is 38.1 Å². The maximum atomic E-state index is 12.7. The number of halogens is 1. The number of tetrazole rings is 1. The van der Waals surface area contributed by atoms with Crippen molar-refractivity contribution in [3.05, 3.63) is 39.2 Å². The molecule has 1 aliphatic heterocycles. The van der Waals surface area contributed by atoms with E-state index >= 15 is 0 Å². The van der Waals surface area contributed by atoms with Gasteiger partial charge in [-0.2, -0.15) is 0 Å². The Balaban J connectivity index is 1.59. The molecular weight excluding hydrogens is 423 g/mol. The average molecular weight is 440 g/mol. The lowest BCUT2D eigenvalue weighted by Gasteiger charge is -2.35. The van der Waals surface area contributed by atoms with E-state index in [1.165, 1.54) is 11.0 Å². The molecule has 1 aromatic carbocycles. The van der Waals surface area contributed by atoms with Crippen LogP contribution in [0.5, 0.6) is 0 Å². The molecule has 0 aliphatic carbocycles. The van der Waals surface area contributed by atoms with Gasteiger partial charge >= 0.3 is 0 Å². The maximum absolute atomic E-state index is 12.7.